The largest absolute Gasteiger partial charge is 0.334 e. The summed E-state index contributed by atoms with van der Waals surface area (Å²) in [5.41, 5.74) is -0.120. The molecule has 2 unspecified atom stereocenters. The smallest absolute Gasteiger partial charge is 0.227 e. The molecule has 0 aromatic heterocycles. The average Bonchev–Trinajstić information content (AvgIpc) is 2.64. The molecule has 19 heavy (non-hydrogen) atoms. The Morgan fingerprint density at radius 2 is 1.79 bits per heavy atom. The molecule has 0 saturated carbocycles. The van der Waals surface area contributed by atoms with E-state index in [0.29, 0.717) is 0 Å². The number of piperazine rings is 1. The highest BCUT2D eigenvalue weighted by Crippen LogP contribution is 2.27. The number of amides is 1. The van der Waals surface area contributed by atoms with Crippen LogP contribution >= 0.6 is 0 Å². The summed E-state index contributed by atoms with van der Waals surface area (Å²) in [6.07, 6.45) is 1.76. The first kappa shape index (κ1) is 12.5. The molecule has 0 radical (unpaired) electrons. The van der Waals surface area contributed by atoms with Gasteiger partial charge in [-0.25, -0.2) is 8.78 Å². The van der Waals surface area contributed by atoms with Gasteiger partial charge in [0.05, 0.1) is 6.42 Å². The van der Waals surface area contributed by atoms with Crippen LogP contribution in [0, 0.1) is 11.6 Å². The van der Waals surface area contributed by atoms with Crippen LogP contribution in [0.4, 0.5) is 8.78 Å². The first-order chi connectivity index (χ1) is 9.16. The van der Waals surface area contributed by atoms with E-state index in [1.807, 2.05) is 4.90 Å². The standard InChI is InChI=1S/C14H16F2N2O/c15-12-2-1-3-13(16)11(12)6-14(19)18-9-4-5-10(18)8-17-7-9/h1-3,9-10,17H,4-8H2. The number of carbonyl (C=O) groups is 1. The zero-order valence-electron chi connectivity index (χ0n) is 10.5. The normalized spacial score (nSPS) is 25.7. The highest BCUT2D eigenvalue weighted by Gasteiger charge is 2.39. The van der Waals surface area contributed by atoms with E-state index in [-0.39, 0.29) is 30.0 Å². The van der Waals surface area contributed by atoms with E-state index in [0.717, 1.165) is 25.9 Å². The van der Waals surface area contributed by atoms with Gasteiger partial charge in [-0.05, 0) is 25.0 Å². The summed E-state index contributed by atoms with van der Waals surface area (Å²) >= 11 is 0. The molecule has 2 aliphatic rings. The lowest BCUT2D eigenvalue weighted by Crippen LogP contribution is -2.54. The van der Waals surface area contributed by atoms with Crippen molar-refractivity contribution in [1.29, 1.82) is 0 Å². The highest BCUT2D eigenvalue weighted by molar-refractivity contribution is 5.80. The zero-order chi connectivity index (χ0) is 13.4. The summed E-state index contributed by atoms with van der Waals surface area (Å²) in [4.78, 5) is 14.1. The molecular weight excluding hydrogens is 250 g/mol. The highest BCUT2D eigenvalue weighted by atomic mass is 19.1. The molecule has 2 heterocycles. The number of hydrogen-bond donors (Lipinski definition) is 1. The van der Waals surface area contributed by atoms with E-state index in [1.54, 1.807) is 0 Å². The van der Waals surface area contributed by atoms with Gasteiger partial charge in [0.1, 0.15) is 11.6 Å². The van der Waals surface area contributed by atoms with E-state index in [1.165, 1.54) is 18.2 Å². The second kappa shape index (κ2) is 4.89. The molecule has 102 valence electrons. The molecule has 2 saturated heterocycles. The van der Waals surface area contributed by atoms with Gasteiger partial charge in [0.2, 0.25) is 5.91 Å². The third kappa shape index (κ3) is 2.23. The van der Waals surface area contributed by atoms with Gasteiger partial charge in [0.15, 0.2) is 0 Å². The minimum absolute atomic E-state index is 0.120. The van der Waals surface area contributed by atoms with Crippen LogP contribution < -0.4 is 5.32 Å². The topological polar surface area (TPSA) is 32.3 Å². The van der Waals surface area contributed by atoms with Crippen molar-refractivity contribution in [2.75, 3.05) is 13.1 Å². The Morgan fingerprint density at radius 3 is 2.37 bits per heavy atom. The van der Waals surface area contributed by atoms with Crippen LogP contribution in [0.15, 0.2) is 18.2 Å². The predicted octanol–water partition coefficient (Wildman–Crippen LogP) is 1.47. The number of benzene rings is 1. The van der Waals surface area contributed by atoms with Crippen LogP contribution in [-0.2, 0) is 11.2 Å². The Kier molecular flexibility index (Phi) is 3.22. The first-order valence-electron chi connectivity index (χ1n) is 6.61. The molecule has 2 aliphatic heterocycles. The van der Waals surface area contributed by atoms with Gasteiger partial charge in [-0.2, -0.15) is 0 Å². The van der Waals surface area contributed by atoms with Gasteiger partial charge < -0.3 is 10.2 Å². The molecule has 2 bridgehead atoms. The Balaban J connectivity index is 1.78. The maximum Gasteiger partial charge on any atom is 0.227 e. The Hall–Kier alpha value is -1.49. The van der Waals surface area contributed by atoms with Gasteiger partial charge in [0, 0.05) is 30.7 Å². The van der Waals surface area contributed by atoms with Gasteiger partial charge >= 0.3 is 0 Å². The van der Waals surface area contributed by atoms with Crippen LogP contribution in [0.3, 0.4) is 0 Å². The second-order valence-electron chi connectivity index (χ2n) is 5.22. The first-order valence-corrected chi connectivity index (χ1v) is 6.61. The lowest BCUT2D eigenvalue weighted by atomic mass is 10.1. The summed E-state index contributed by atoms with van der Waals surface area (Å²) in [7, 11) is 0. The Labute approximate surface area is 110 Å². The van der Waals surface area contributed by atoms with Gasteiger partial charge in [0.25, 0.3) is 0 Å². The SMILES string of the molecule is O=C(Cc1c(F)cccc1F)N1C2CCC1CNC2. The molecule has 2 atom stereocenters. The zero-order valence-corrected chi connectivity index (χ0v) is 10.5. The van der Waals surface area contributed by atoms with Crippen molar-refractivity contribution in [1.82, 2.24) is 10.2 Å². The maximum atomic E-state index is 13.6. The number of nitrogens with zero attached hydrogens (tertiary/aromatic N) is 1. The van der Waals surface area contributed by atoms with Crippen molar-refractivity contribution in [3.05, 3.63) is 35.4 Å². The van der Waals surface area contributed by atoms with Crippen molar-refractivity contribution in [2.45, 2.75) is 31.3 Å². The molecule has 2 fully saturated rings. The lowest BCUT2D eigenvalue weighted by molar-refractivity contribution is -0.134. The van der Waals surface area contributed by atoms with E-state index < -0.39 is 11.6 Å². The summed E-state index contributed by atoms with van der Waals surface area (Å²) in [5, 5.41) is 3.28. The predicted molar refractivity (Wildman–Crippen MR) is 66.6 cm³/mol. The van der Waals surface area contributed by atoms with Crippen LogP contribution in [-0.4, -0.2) is 36.0 Å². The minimum Gasteiger partial charge on any atom is -0.334 e. The molecule has 3 nitrogen and oxygen atoms in total. The molecule has 5 heteroatoms. The monoisotopic (exact) mass is 266 g/mol. The third-order valence-electron chi connectivity index (χ3n) is 4.06. The van der Waals surface area contributed by atoms with Crippen molar-refractivity contribution >= 4 is 5.91 Å². The van der Waals surface area contributed by atoms with Gasteiger partial charge in [-0.1, -0.05) is 6.07 Å². The molecule has 1 amide bonds. The molecule has 1 N–H and O–H groups in total. The van der Waals surface area contributed by atoms with Crippen molar-refractivity contribution in [2.24, 2.45) is 0 Å². The molecule has 1 aromatic rings. The van der Waals surface area contributed by atoms with Crippen molar-refractivity contribution in [3.63, 3.8) is 0 Å². The molecule has 0 spiro atoms. The van der Waals surface area contributed by atoms with Crippen LogP contribution in [0.1, 0.15) is 18.4 Å². The molecular formula is C14H16F2N2O. The fourth-order valence-electron chi connectivity index (χ4n) is 3.13. The van der Waals surface area contributed by atoms with Gasteiger partial charge in [-0.15, -0.1) is 0 Å². The number of halogens is 2. The lowest BCUT2D eigenvalue weighted by Gasteiger charge is -2.35. The van der Waals surface area contributed by atoms with Crippen LogP contribution in [0.25, 0.3) is 0 Å². The van der Waals surface area contributed by atoms with E-state index in [4.69, 9.17) is 0 Å². The van der Waals surface area contributed by atoms with Crippen molar-refractivity contribution in [3.8, 4) is 0 Å². The third-order valence-corrected chi connectivity index (χ3v) is 4.06. The minimum atomic E-state index is -0.643. The number of carbonyl (C=O) groups excluding carboxylic acids is 1. The number of hydrogen-bond acceptors (Lipinski definition) is 2. The summed E-state index contributed by atoms with van der Waals surface area (Å²) in [6, 6.07) is 4.06. The summed E-state index contributed by atoms with van der Waals surface area (Å²) in [6.45, 7) is 1.56. The second-order valence-corrected chi connectivity index (χ2v) is 5.22. The van der Waals surface area contributed by atoms with E-state index >= 15 is 0 Å². The maximum absolute atomic E-state index is 13.6. The number of rotatable bonds is 2. The Bertz CT molecular complexity index is 470. The van der Waals surface area contributed by atoms with E-state index in [9.17, 15) is 13.6 Å². The molecule has 0 aliphatic carbocycles. The van der Waals surface area contributed by atoms with Gasteiger partial charge in [-0.3, -0.25) is 4.79 Å². The number of nitrogens with one attached hydrogen (secondary N) is 1. The molecule has 3 rings (SSSR count). The fourth-order valence-corrected chi connectivity index (χ4v) is 3.13. The summed E-state index contributed by atoms with van der Waals surface area (Å²) < 4.78 is 27.1. The van der Waals surface area contributed by atoms with E-state index in [2.05, 4.69) is 5.32 Å². The van der Waals surface area contributed by atoms with Crippen LogP contribution in [0.2, 0.25) is 0 Å². The van der Waals surface area contributed by atoms with Crippen molar-refractivity contribution < 1.29 is 13.6 Å². The molecule has 1 aromatic carbocycles. The van der Waals surface area contributed by atoms with Crippen LogP contribution in [0.5, 0.6) is 0 Å². The quantitative estimate of drug-likeness (QED) is 0.879. The fraction of sp³-hybridized carbons (Fsp3) is 0.500. The Morgan fingerprint density at radius 1 is 1.21 bits per heavy atom. The average molecular weight is 266 g/mol. The summed E-state index contributed by atoms with van der Waals surface area (Å²) in [5.74, 6) is -1.45. The number of fused-ring (bicyclic) bond motifs is 2.